The molecule has 3 heterocycles. The number of amides is 2. The number of furan rings is 1. The van der Waals surface area contributed by atoms with E-state index in [0.29, 0.717) is 15.6 Å². The Balaban J connectivity index is 1.56. The number of carbonyl (C=O) groups excluding carboxylic acids is 2. The number of hydrogen-bond donors (Lipinski definition) is 2. The van der Waals surface area contributed by atoms with Gasteiger partial charge in [0.15, 0.2) is 5.76 Å². The monoisotopic (exact) mass is 420 g/mol. The van der Waals surface area contributed by atoms with Crippen molar-refractivity contribution < 1.29 is 14.0 Å². The van der Waals surface area contributed by atoms with Gasteiger partial charge in [0, 0.05) is 5.69 Å². The molecule has 8 heteroatoms. The van der Waals surface area contributed by atoms with Crippen molar-refractivity contribution >= 4 is 33.8 Å². The van der Waals surface area contributed by atoms with Crippen LogP contribution >= 0.6 is 11.3 Å². The Morgan fingerprint density at radius 2 is 1.80 bits per heavy atom. The number of thiophene rings is 1. The second kappa shape index (κ2) is 8.00. The van der Waals surface area contributed by atoms with E-state index in [1.54, 1.807) is 22.9 Å². The molecule has 0 saturated carbocycles. The van der Waals surface area contributed by atoms with E-state index in [0.717, 1.165) is 22.6 Å². The molecule has 0 aliphatic rings. The molecule has 0 spiro atoms. The van der Waals surface area contributed by atoms with Crippen molar-refractivity contribution in [2.75, 3.05) is 10.6 Å². The van der Waals surface area contributed by atoms with Crippen molar-refractivity contribution in [3.05, 3.63) is 82.4 Å². The van der Waals surface area contributed by atoms with Crippen LogP contribution in [0.15, 0.2) is 59.2 Å². The Morgan fingerprint density at radius 1 is 1.00 bits per heavy atom. The summed E-state index contributed by atoms with van der Waals surface area (Å²) >= 11 is 1.21. The van der Waals surface area contributed by atoms with Gasteiger partial charge in [-0.25, -0.2) is 4.68 Å². The summed E-state index contributed by atoms with van der Waals surface area (Å²) in [5.74, 6) is -0.390. The molecule has 2 amide bonds. The topological polar surface area (TPSA) is 89.2 Å². The Hall–Kier alpha value is -3.65. The predicted octanol–water partition coefficient (Wildman–Crippen LogP) is 4.96. The van der Waals surface area contributed by atoms with E-state index in [1.165, 1.54) is 17.6 Å². The second-order valence-corrected chi connectivity index (χ2v) is 7.92. The van der Waals surface area contributed by atoms with Gasteiger partial charge >= 0.3 is 0 Å². The lowest BCUT2D eigenvalue weighted by atomic mass is 10.2. The van der Waals surface area contributed by atoms with Crippen LogP contribution in [0.5, 0.6) is 0 Å². The minimum Gasteiger partial charge on any atom is -0.459 e. The number of para-hydroxylation sites is 2. The van der Waals surface area contributed by atoms with E-state index in [2.05, 4.69) is 15.7 Å². The molecule has 0 saturated heterocycles. The van der Waals surface area contributed by atoms with Gasteiger partial charge in [-0.2, -0.15) is 5.10 Å². The van der Waals surface area contributed by atoms with Gasteiger partial charge in [-0.3, -0.25) is 9.59 Å². The van der Waals surface area contributed by atoms with Crippen LogP contribution in [0.3, 0.4) is 0 Å². The van der Waals surface area contributed by atoms with Crippen molar-refractivity contribution in [1.29, 1.82) is 0 Å². The summed E-state index contributed by atoms with van der Waals surface area (Å²) in [6, 6.07) is 14.5. The third-order valence-electron chi connectivity index (χ3n) is 4.50. The molecule has 4 rings (SSSR count). The van der Waals surface area contributed by atoms with Gasteiger partial charge in [-0.15, -0.1) is 11.3 Å². The number of nitrogens with zero attached hydrogens (tertiary/aromatic N) is 2. The van der Waals surface area contributed by atoms with E-state index < -0.39 is 0 Å². The average Bonchev–Trinajstić information content (AvgIpc) is 3.43. The van der Waals surface area contributed by atoms with Crippen LogP contribution in [-0.2, 0) is 0 Å². The fourth-order valence-corrected chi connectivity index (χ4v) is 4.13. The first kappa shape index (κ1) is 19.7. The number of nitrogens with one attached hydrogen (secondary N) is 2. The number of benzene rings is 1. The minimum atomic E-state index is -0.358. The Morgan fingerprint density at radius 3 is 2.50 bits per heavy atom. The van der Waals surface area contributed by atoms with Crippen molar-refractivity contribution in [2.45, 2.75) is 20.8 Å². The molecule has 0 fully saturated rings. The van der Waals surface area contributed by atoms with Crippen LogP contribution in [0.2, 0.25) is 0 Å². The maximum Gasteiger partial charge on any atom is 0.291 e. The summed E-state index contributed by atoms with van der Waals surface area (Å²) < 4.78 is 6.91. The van der Waals surface area contributed by atoms with Gasteiger partial charge in [-0.05, 0) is 62.7 Å². The van der Waals surface area contributed by atoms with Gasteiger partial charge in [0.1, 0.15) is 0 Å². The van der Waals surface area contributed by atoms with Crippen LogP contribution in [0.4, 0.5) is 10.7 Å². The SMILES string of the molecule is Cc1cc(C)n(-c2ccccc2NC(=O)c2sc(NC(=O)c3ccco3)cc2C)n1. The quantitative estimate of drug-likeness (QED) is 0.478. The molecule has 0 aliphatic heterocycles. The summed E-state index contributed by atoms with van der Waals surface area (Å²) in [6.07, 6.45) is 1.44. The minimum absolute atomic E-state index is 0.214. The standard InChI is InChI=1S/C22H20N4O3S/c1-13-11-19(24-21(27)18-9-6-10-29-18)30-20(13)22(28)23-16-7-4-5-8-17(16)26-15(3)12-14(2)25-26/h4-12H,1-3H3,(H,23,28)(H,24,27). The van der Waals surface area contributed by atoms with Crippen molar-refractivity contribution in [3.8, 4) is 5.69 Å². The zero-order valence-electron chi connectivity index (χ0n) is 16.7. The largest absolute Gasteiger partial charge is 0.459 e. The van der Waals surface area contributed by atoms with Crippen molar-refractivity contribution in [2.24, 2.45) is 0 Å². The number of aryl methyl sites for hydroxylation is 3. The first-order valence-corrected chi connectivity index (χ1v) is 10.1. The van der Waals surface area contributed by atoms with Crippen LogP contribution in [0, 0.1) is 20.8 Å². The molecule has 0 bridgehead atoms. The molecule has 1 aromatic carbocycles. The summed E-state index contributed by atoms with van der Waals surface area (Å²) in [7, 11) is 0. The maximum absolute atomic E-state index is 13.0. The van der Waals surface area contributed by atoms with E-state index in [4.69, 9.17) is 4.42 Å². The Kier molecular flexibility index (Phi) is 5.24. The molecule has 3 aromatic heterocycles. The number of aromatic nitrogens is 2. The molecule has 0 atom stereocenters. The highest BCUT2D eigenvalue weighted by Gasteiger charge is 2.18. The molecule has 0 radical (unpaired) electrons. The number of rotatable bonds is 5. The molecule has 30 heavy (non-hydrogen) atoms. The lowest BCUT2D eigenvalue weighted by Crippen LogP contribution is -2.14. The Labute approximate surface area is 177 Å². The van der Waals surface area contributed by atoms with E-state index in [-0.39, 0.29) is 17.6 Å². The van der Waals surface area contributed by atoms with Gasteiger partial charge < -0.3 is 15.1 Å². The maximum atomic E-state index is 13.0. The highest BCUT2D eigenvalue weighted by molar-refractivity contribution is 7.18. The summed E-state index contributed by atoms with van der Waals surface area (Å²) in [5.41, 5.74) is 4.10. The number of anilines is 2. The molecule has 4 aromatic rings. The summed E-state index contributed by atoms with van der Waals surface area (Å²) in [6.45, 7) is 5.73. The first-order valence-electron chi connectivity index (χ1n) is 9.31. The van der Waals surface area contributed by atoms with Gasteiger partial charge in [0.2, 0.25) is 0 Å². The fraction of sp³-hybridized carbons (Fsp3) is 0.136. The van der Waals surface area contributed by atoms with Crippen molar-refractivity contribution in [1.82, 2.24) is 9.78 Å². The molecular formula is C22H20N4O3S. The first-order chi connectivity index (χ1) is 14.4. The van der Waals surface area contributed by atoms with Gasteiger partial charge in [0.25, 0.3) is 11.8 Å². The van der Waals surface area contributed by atoms with Crippen molar-refractivity contribution in [3.63, 3.8) is 0 Å². The third kappa shape index (κ3) is 3.90. The van der Waals surface area contributed by atoms with Gasteiger partial charge in [0.05, 0.1) is 33.2 Å². The zero-order valence-corrected chi connectivity index (χ0v) is 17.5. The highest BCUT2D eigenvalue weighted by Crippen LogP contribution is 2.29. The van der Waals surface area contributed by atoms with Crippen LogP contribution < -0.4 is 10.6 Å². The molecular weight excluding hydrogens is 400 g/mol. The molecule has 0 unspecified atom stereocenters. The lowest BCUT2D eigenvalue weighted by molar-refractivity contribution is 0.0995. The zero-order chi connectivity index (χ0) is 21.3. The van der Waals surface area contributed by atoms with Crippen LogP contribution in [0.25, 0.3) is 5.69 Å². The predicted molar refractivity (Wildman–Crippen MR) is 117 cm³/mol. The molecule has 2 N–H and O–H groups in total. The van der Waals surface area contributed by atoms with Crippen LogP contribution in [0.1, 0.15) is 37.2 Å². The van der Waals surface area contributed by atoms with E-state index >= 15 is 0 Å². The lowest BCUT2D eigenvalue weighted by Gasteiger charge is -2.12. The number of carbonyl (C=O) groups is 2. The van der Waals surface area contributed by atoms with Gasteiger partial charge in [-0.1, -0.05) is 12.1 Å². The normalized spacial score (nSPS) is 10.8. The average molecular weight is 420 g/mol. The highest BCUT2D eigenvalue weighted by atomic mass is 32.1. The molecule has 0 aliphatic carbocycles. The smallest absolute Gasteiger partial charge is 0.291 e. The number of hydrogen-bond acceptors (Lipinski definition) is 5. The third-order valence-corrected chi connectivity index (χ3v) is 5.65. The van der Waals surface area contributed by atoms with Crippen LogP contribution in [-0.4, -0.2) is 21.6 Å². The van der Waals surface area contributed by atoms with E-state index in [1.807, 2.05) is 51.1 Å². The summed E-state index contributed by atoms with van der Waals surface area (Å²) in [5, 5.41) is 10.8. The Bertz CT molecular complexity index is 1220. The van der Waals surface area contributed by atoms with E-state index in [9.17, 15) is 9.59 Å². The second-order valence-electron chi connectivity index (χ2n) is 6.86. The fourth-order valence-electron chi connectivity index (χ4n) is 3.17. The molecule has 152 valence electrons. The molecule has 7 nitrogen and oxygen atoms in total. The summed E-state index contributed by atoms with van der Waals surface area (Å²) in [4.78, 5) is 25.7.